The topological polar surface area (TPSA) is 55.8 Å². The van der Waals surface area contributed by atoms with Crippen LogP contribution < -0.4 is 0 Å². The summed E-state index contributed by atoms with van der Waals surface area (Å²) in [6, 6.07) is 0. The van der Waals surface area contributed by atoms with Crippen LogP contribution in [0.5, 0.6) is 0 Å². The molecule has 1 saturated carbocycles. The molecule has 2 aliphatic rings. The molecule has 2 rings (SSSR count). The van der Waals surface area contributed by atoms with E-state index in [1.807, 2.05) is 20.8 Å². The van der Waals surface area contributed by atoms with E-state index in [4.69, 9.17) is 9.47 Å². The third kappa shape index (κ3) is 3.33. The number of rotatable bonds is 3. The summed E-state index contributed by atoms with van der Waals surface area (Å²) >= 11 is 0. The monoisotopic (exact) mass is 297 g/mol. The van der Waals surface area contributed by atoms with Gasteiger partial charge in [0.2, 0.25) is 0 Å². The zero-order valence-corrected chi connectivity index (χ0v) is 13.6. The molecule has 0 spiro atoms. The molecule has 0 bridgehead atoms. The van der Waals surface area contributed by atoms with Crippen molar-refractivity contribution in [3.63, 3.8) is 0 Å². The zero-order valence-electron chi connectivity index (χ0n) is 13.6. The van der Waals surface area contributed by atoms with E-state index < -0.39 is 17.2 Å². The van der Waals surface area contributed by atoms with Crippen molar-refractivity contribution in [1.29, 1.82) is 0 Å². The van der Waals surface area contributed by atoms with Crippen molar-refractivity contribution in [3.05, 3.63) is 0 Å². The molecule has 1 aliphatic heterocycles. The highest BCUT2D eigenvalue weighted by atomic mass is 16.6. The summed E-state index contributed by atoms with van der Waals surface area (Å²) < 4.78 is 10.5. The van der Waals surface area contributed by atoms with Gasteiger partial charge in [-0.2, -0.15) is 0 Å². The van der Waals surface area contributed by atoms with Crippen LogP contribution in [0.25, 0.3) is 0 Å². The molecule has 1 aliphatic carbocycles. The van der Waals surface area contributed by atoms with Crippen molar-refractivity contribution >= 4 is 12.1 Å². The third-order valence-corrected chi connectivity index (χ3v) is 4.52. The van der Waals surface area contributed by atoms with E-state index >= 15 is 0 Å². The summed E-state index contributed by atoms with van der Waals surface area (Å²) in [5.41, 5.74) is -1.37. The quantitative estimate of drug-likeness (QED) is 0.751. The minimum absolute atomic E-state index is 0.294. The van der Waals surface area contributed by atoms with Crippen LogP contribution in [0.3, 0.4) is 0 Å². The fourth-order valence-electron chi connectivity index (χ4n) is 3.33. The minimum atomic E-state index is -0.817. The Morgan fingerprint density at radius 1 is 1.24 bits per heavy atom. The summed E-state index contributed by atoms with van der Waals surface area (Å²) in [4.78, 5) is 26.5. The van der Waals surface area contributed by atoms with E-state index in [0.717, 1.165) is 19.3 Å². The highest BCUT2D eigenvalue weighted by Gasteiger charge is 2.53. The lowest BCUT2D eigenvalue weighted by atomic mass is 9.75. The van der Waals surface area contributed by atoms with E-state index in [0.29, 0.717) is 25.3 Å². The van der Waals surface area contributed by atoms with E-state index in [9.17, 15) is 9.59 Å². The molecule has 120 valence electrons. The number of nitrogens with zero attached hydrogens (tertiary/aromatic N) is 1. The predicted octanol–water partition coefficient (Wildman–Crippen LogP) is 3.12. The lowest BCUT2D eigenvalue weighted by Crippen LogP contribution is -2.56. The number of carbonyl (C=O) groups excluding carboxylic acids is 2. The van der Waals surface area contributed by atoms with Gasteiger partial charge < -0.3 is 9.47 Å². The van der Waals surface area contributed by atoms with Crippen LogP contribution in [0.1, 0.15) is 59.3 Å². The average molecular weight is 297 g/mol. The molecule has 1 atom stereocenters. The maximum atomic E-state index is 12.5. The molecule has 2 fully saturated rings. The second kappa shape index (κ2) is 5.85. The number of hydrogen-bond acceptors (Lipinski definition) is 4. The Bertz CT molecular complexity index is 411. The van der Waals surface area contributed by atoms with E-state index in [2.05, 4.69) is 0 Å². The zero-order chi connectivity index (χ0) is 15.7. The Morgan fingerprint density at radius 3 is 2.38 bits per heavy atom. The second-order valence-corrected chi connectivity index (χ2v) is 7.26. The lowest BCUT2D eigenvalue weighted by molar-refractivity contribution is -0.155. The van der Waals surface area contributed by atoms with Crippen molar-refractivity contribution in [2.75, 3.05) is 13.7 Å². The van der Waals surface area contributed by atoms with Crippen molar-refractivity contribution < 1.29 is 19.1 Å². The van der Waals surface area contributed by atoms with E-state index in [1.54, 1.807) is 4.90 Å². The summed E-state index contributed by atoms with van der Waals surface area (Å²) in [6.45, 7) is 6.09. The molecule has 5 nitrogen and oxygen atoms in total. The van der Waals surface area contributed by atoms with Gasteiger partial charge in [-0.15, -0.1) is 0 Å². The normalized spacial score (nSPS) is 26.4. The number of carbonyl (C=O) groups is 2. The number of ether oxygens (including phenoxy) is 2. The molecule has 5 heteroatoms. The lowest BCUT2D eigenvalue weighted by Gasteiger charge is -2.40. The molecule has 1 saturated heterocycles. The average Bonchev–Trinajstić information content (AvgIpc) is 2.76. The highest BCUT2D eigenvalue weighted by Crippen LogP contribution is 2.42. The maximum Gasteiger partial charge on any atom is 0.411 e. The van der Waals surface area contributed by atoms with Crippen molar-refractivity contribution in [3.8, 4) is 0 Å². The fourth-order valence-corrected chi connectivity index (χ4v) is 3.33. The van der Waals surface area contributed by atoms with Crippen LogP contribution in [-0.2, 0) is 14.3 Å². The van der Waals surface area contributed by atoms with Gasteiger partial charge in [0.25, 0.3) is 0 Å². The summed E-state index contributed by atoms with van der Waals surface area (Å²) in [6.07, 6.45) is 5.30. The molecule has 1 heterocycles. The number of likely N-dealkylation sites (tertiary alicyclic amines) is 1. The van der Waals surface area contributed by atoms with Gasteiger partial charge in [0, 0.05) is 6.54 Å². The Balaban J connectivity index is 2.19. The highest BCUT2D eigenvalue weighted by molar-refractivity contribution is 5.86. The molecule has 1 amide bonds. The number of methoxy groups -OCH3 is 1. The van der Waals surface area contributed by atoms with Gasteiger partial charge in [0.05, 0.1) is 7.11 Å². The van der Waals surface area contributed by atoms with Crippen molar-refractivity contribution in [1.82, 2.24) is 4.90 Å². The first-order chi connectivity index (χ1) is 9.78. The van der Waals surface area contributed by atoms with Crippen LogP contribution in [0.4, 0.5) is 4.79 Å². The van der Waals surface area contributed by atoms with Gasteiger partial charge in [0.15, 0.2) is 0 Å². The number of hydrogen-bond donors (Lipinski definition) is 0. The standard InChI is InChI=1S/C16H27NO4/c1-15(2,3)21-14(19)17-10-6-9-16(17,13(18)20-4)11-12-7-5-8-12/h12H,5-11H2,1-4H3. The smallest absolute Gasteiger partial charge is 0.411 e. The minimum Gasteiger partial charge on any atom is -0.467 e. The second-order valence-electron chi connectivity index (χ2n) is 7.26. The number of amides is 1. The predicted molar refractivity (Wildman–Crippen MR) is 78.9 cm³/mol. The fraction of sp³-hybridized carbons (Fsp3) is 0.875. The Labute approximate surface area is 127 Å². The van der Waals surface area contributed by atoms with Gasteiger partial charge in [-0.05, 0) is 46.0 Å². The van der Waals surface area contributed by atoms with Gasteiger partial charge in [-0.3, -0.25) is 4.90 Å². The molecule has 0 N–H and O–H groups in total. The van der Waals surface area contributed by atoms with Gasteiger partial charge >= 0.3 is 12.1 Å². The number of esters is 1. The summed E-state index contributed by atoms with van der Waals surface area (Å²) in [7, 11) is 1.40. The third-order valence-electron chi connectivity index (χ3n) is 4.52. The van der Waals surface area contributed by atoms with E-state index in [-0.39, 0.29) is 5.97 Å². The summed E-state index contributed by atoms with van der Waals surface area (Å²) in [5.74, 6) is 0.227. The molecular weight excluding hydrogens is 270 g/mol. The molecule has 0 aromatic carbocycles. The largest absolute Gasteiger partial charge is 0.467 e. The first-order valence-electron chi connectivity index (χ1n) is 7.87. The Kier molecular flexibility index (Phi) is 4.49. The van der Waals surface area contributed by atoms with Crippen molar-refractivity contribution in [2.45, 2.75) is 70.4 Å². The molecule has 21 heavy (non-hydrogen) atoms. The van der Waals surface area contributed by atoms with Crippen LogP contribution in [0.15, 0.2) is 0 Å². The van der Waals surface area contributed by atoms with Crippen LogP contribution in [0, 0.1) is 5.92 Å². The van der Waals surface area contributed by atoms with Crippen LogP contribution >= 0.6 is 0 Å². The molecule has 0 aromatic rings. The van der Waals surface area contributed by atoms with Crippen molar-refractivity contribution in [2.24, 2.45) is 5.92 Å². The SMILES string of the molecule is COC(=O)C1(CC2CCC2)CCCN1C(=O)OC(C)(C)C. The van der Waals surface area contributed by atoms with Gasteiger partial charge in [-0.25, -0.2) is 9.59 Å². The molecule has 0 radical (unpaired) electrons. The van der Waals surface area contributed by atoms with E-state index in [1.165, 1.54) is 13.5 Å². The van der Waals surface area contributed by atoms with Gasteiger partial charge in [-0.1, -0.05) is 19.3 Å². The Hall–Kier alpha value is -1.26. The molecular formula is C16H27NO4. The maximum absolute atomic E-state index is 12.5. The Morgan fingerprint density at radius 2 is 1.90 bits per heavy atom. The molecule has 0 aromatic heterocycles. The first-order valence-corrected chi connectivity index (χ1v) is 7.87. The summed E-state index contributed by atoms with van der Waals surface area (Å²) in [5, 5.41) is 0. The van der Waals surface area contributed by atoms with Crippen LogP contribution in [0.2, 0.25) is 0 Å². The van der Waals surface area contributed by atoms with Crippen LogP contribution in [-0.4, -0.2) is 41.8 Å². The first kappa shape index (κ1) is 16.1. The molecule has 1 unspecified atom stereocenters. The van der Waals surface area contributed by atoms with Gasteiger partial charge in [0.1, 0.15) is 11.1 Å².